The van der Waals surface area contributed by atoms with Gasteiger partial charge in [-0.05, 0) is 54.4 Å². The fraction of sp³-hybridized carbons (Fsp3) is 0.381. The Morgan fingerprint density at radius 2 is 1.88 bits per heavy atom. The molecular weight excluding hydrogens is 331 g/mol. The SMILES string of the molecule is CN(C)CC(C)(C)CNC(=O)c1cc(F)cc(-c2ccccc2CO)c1. The first kappa shape index (κ1) is 20.1. The third-order valence-corrected chi connectivity index (χ3v) is 4.13. The molecule has 0 saturated heterocycles. The molecule has 0 spiro atoms. The van der Waals surface area contributed by atoms with Crippen LogP contribution in [-0.2, 0) is 6.61 Å². The summed E-state index contributed by atoms with van der Waals surface area (Å²) in [4.78, 5) is 14.6. The number of benzene rings is 2. The highest BCUT2D eigenvalue weighted by Gasteiger charge is 2.20. The van der Waals surface area contributed by atoms with Crippen molar-refractivity contribution in [1.29, 1.82) is 0 Å². The van der Waals surface area contributed by atoms with E-state index in [9.17, 15) is 14.3 Å². The molecule has 1 amide bonds. The summed E-state index contributed by atoms with van der Waals surface area (Å²) in [6.45, 7) is 5.31. The van der Waals surface area contributed by atoms with E-state index in [-0.39, 0.29) is 23.5 Å². The number of nitrogens with zero attached hydrogens (tertiary/aromatic N) is 1. The van der Waals surface area contributed by atoms with Crippen molar-refractivity contribution >= 4 is 5.91 Å². The highest BCUT2D eigenvalue weighted by Crippen LogP contribution is 2.26. The summed E-state index contributed by atoms with van der Waals surface area (Å²) in [6, 6.07) is 11.5. The Bertz CT molecular complexity index is 772. The zero-order valence-corrected chi connectivity index (χ0v) is 15.8. The normalized spacial score (nSPS) is 11.7. The van der Waals surface area contributed by atoms with Crippen LogP contribution in [0.25, 0.3) is 11.1 Å². The largest absolute Gasteiger partial charge is 0.392 e. The van der Waals surface area contributed by atoms with E-state index >= 15 is 0 Å². The molecule has 0 fully saturated rings. The Morgan fingerprint density at radius 3 is 2.54 bits per heavy atom. The Labute approximate surface area is 154 Å². The zero-order valence-electron chi connectivity index (χ0n) is 15.8. The van der Waals surface area contributed by atoms with E-state index in [0.717, 1.165) is 12.1 Å². The van der Waals surface area contributed by atoms with Gasteiger partial charge in [-0.3, -0.25) is 4.79 Å². The number of hydrogen-bond acceptors (Lipinski definition) is 3. The molecule has 4 nitrogen and oxygen atoms in total. The van der Waals surface area contributed by atoms with Crippen LogP contribution in [0.1, 0.15) is 29.8 Å². The van der Waals surface area contributed by atoms with E-state index < -0.39 is 5.82 Å². The highest BCUT2D eigenvalue weighted by atomic mass is 19.1. The van der Waals surface area contributed by atoms with Crippen LogP contribution in [-0.4, -0.2) is 43.1 Å². The summed E-state index contributed by atoms with van der Waals surface area (Å²) in [6.07, 6.45) is 0. The average molecular weight is 358 g/mol. The molecule has 0 aliphatic heterocycles. The number of aliphatic hydroxyl groups excluding tert-OH is 1. The Hall–Kier alpha value is -2.24. The quantitative estimate of drug-likeness (QED) is 0.798. The standard InChI is InChI=1S/C21H27FN2O2/c1-21(2,14-24(3)4)13-23-20(26)17-9-16(10-18(22)11-17)19-8-6-5-7-15(19)12-25/h5-11,25H,12-14H2,1-4H3,(H,23,26). The fourth-order valence-corrected chi connectivity index (χ4v) is 3.15. The second-order valence-corrected chi connectivity index (χ2v) is 7.63. The molecular formula is C21H27FN2O2. The fourth-order valence-electron chi connectivity index (χ4n) is 3.15. The topological polar surface area (TPSA) is 52.6 Å². The lowest BCUT2D eigenvalue weighted by atomic mass is 9.92. The van der Waals surface area contributed by atoms with Crippen LogP contribution in [0, 0.1) is 11.2 Å². The van der Waals surface area contributed by atoms with Crippen LogP contribution in [0.4, 0.5) is 4.39 Å². The molecule has 2 N–H and O–H groups in total. The first-order valence-corrected chi connectivity index (χ1v) is 8.64. The molecule has 0 aliphatic carbocycles. The molecule has 2 rings (SSSR count). The van der Waals surface area contributed by atoms with Crippen molar-refractivity contribution < 1.29 is 14.3 Å². The molecule has 140 valence electrons. The minimum Gasteiger partial charge on any atom is -0.392 e. The smallest absolute Gasteiger partial charge is 0.251 e. The van der Waals surface area contributed by atoms with Crippen LogP contribution in [0.2, 0.25) is 0 Å². The molecule has 0 bridgehead atoms. The number of carbonyl (C=O) groups excluding carboxylic acids is 1. The molecule has 5 heteroatoms. The van der Waals surface area contributed by atoms with Gasteiger partial charge in [-0.25, -0.2) is 4.39 Å². The molecule has 0 aliphatic rings. The van der Waals surface area contributed by atoms with Gasteiger partial charge in [-0.15, -0.1) is 0 Å². The summed E-state index contributed by atoms with van der Waals surface area (Å²) in [5.74, 6) is -0.785. The molecule has 2 aromatic rings. The number of amides is 1. The first-order chi connectivity index (χ1) is 12.2. The Balaban J connectivity index is 2.23. The minimum atomic E-state index is -0.479. The maximum Gasteiger partial charge on any atom is 0.251 e. The molecule has 0 atom stereocenters. The number of halogens is 1. The summed E-state index contributed by atoms with van der Waals surface area (Å²) < 4.78 is 14.1. The molecule has 0 unspecified atom stereocenters. The van der Waals surface area contributed by atoms with Gasteiger partial charge in [0.15, 0.2) is 0 Å². The summed E-state index contributed by atoms with van der Waals surface area (Å²) in [5.41, 5.74) is 2.16. The van der Waals surface area contributed by atoms with Crippen LogP contribution in [0.5, 0.6) is 0 Å². The molecule has 0 radical (unpaired) electrons. The number of rotatable bonds is 7. The van der Waals surface area contributed by atoms with Gasteiger partial charge in [0.1, 0.15) is 5.82 Å². The van der Waals surface area contributed by atoms with Gasteiger partial charge in [0.05, 0.1) is 6.61 Å². The van der Waals surface area contributed by atoms with Gasteiger partial charge < -0.3 is 15.3 Å². The monoisotopic (exact) mass is 358 g/mol. The van der Waals surface area contributed by atoms with Gasteiger partial charge >= 0.3 is 0 Å². The predicted molar refractivity (Wildman–Crippen MR) is 102 cm³/mol. The van der Waals surface area contributed by atoms with Crippen molar-refractivity contribution in [2.75, 3.05) is 27.2 Å². The van der Waals surface area contributed by atoms with Crippen molar-refractivity contribution in [3.63, 3.8) is 0 Å². The van der Waals surface area contributed by atoms with Gasteiger partial charge in [-0.1, -0.05) is 38.1 Å². The minimum absolute atomic E-state index is 0.0984. The maximum absolute atomic E-state index is 14.1. The molecule has 0 aromatic heterocycles. The van der Waals surface area contributed by atoms with E-state index in [4.69, 9.17) is 0 Å². The van der Waals surface area contributed by atoms with Crippen molar-refractivity contribution in [1.82, 2.24) is 10.2 Å². The maximum atomic E-state index is 14.1. The molecule has 0 heterocycles. The van der Waals surface area contributed by atoms with Crippen LogP contribution < -0.4 is 5.32 Å². The molecule has 26 heavy (non-hydrogen) atoms. The average Bonchev–Trinajstić information content (AvgIpc) is 2.58. The lowest BCUT2D eigenvalue weighted by Crippen LogP contribution is -2.40. The molecule has 0 saturated carbocycles. The van der Waals surface area contributed by atoms with Crippen LogP contribution >= 0.6 is 0 Å². The van der Waals surface area contributed by atoms with E-state index in [2.05, 4.69) is 24.1 Å². The Morgan fingerprint density at radius 1 is 1.19 bits per heavy atom. The molecule has 2 aromatic carbocycles. The van der Waals surface area contributed by atoms with Gasteiger partial charge in [0.25, 0.3) is 5.91 Å². The van der Waals surface area contributed by atoms with E-state index in [1.54, 1.807) is 12.1 Å². The third kappa shape index (κ3) is 5.38. The second-order valence-electron chi connectivity index (χ2n) is 7.63. The first-order valence-electron chi connectivity index (χ1n) is 8.64. The van der Waals surface area contributed by atoms with Crippen molar-refractivity contribution in [2.45, 2.75) is 20.5 Å². The summed E-state index contributed by atoms with van der Waals surface area (Å²) in [7, 11) is 3.97. The van der Waals surface area contributed by atoms with Crippen molar-refractivity contribution in [3.05, 3.63) is 59.4 Å². The van der Waals surface area contributed by atoms with E-state index in [1.807, 2.05) is 32.3 Å². The number of hydrogen-bond donors (Lipinski definition) is 2. The van der Waals surface area contributed by atoms with Crippen LogP contribution in [0.3, 0.4) is 0 Å². The van der Waals surface area contributed by atoms with Crippen LogP contribution in [0.15, 0.2) is 42.5 Å². The lowest BCUT2D eigenvalue weighted by Gasteiger charge is -2.28. The van der Waals surface area contributed by atoms with Gasteiger partial charge in [0, 0.05) is 18.7 Å². The zero-order chi connectivity index (χ0) is 19.3. The van der Waals surface area contributed by atoms with Gasteiger partial charge in [-0.2, -0.15) is 0 Å². The highest BCUT2D eigenvalue weighted by molar-refractivity contribution is 5.95. The predicted octanol–water partition coefficient (Wildman–Crippen LogP) is 3.30. The van der Waals surface area contributed by atoms with Gasteiger partial charge in [0.2, 0.25) is 0 Å². The second kappa shape index (κ2) is 8.43. The van der Waals surface area contributed by atoms with E-state index in [1.165, 1.54) is 12.1 Å². The van der Waals surface area contributed by atoms with Crippen molar-refractivity contribution in [3.8, 4) is 11.1 Å². The third-order valence-electron chi connectivity index (χ3n) is 4.13. The van der Waals surface area contributed by atoms with Crippen molar-refractivity contribution in [2.24, 2.45) is 5.41 Å². The number of nitrogens with one attached hydrogen (secondary N) is 1. The lowest BCUT2D eigenvalue weighted by molar-refractivity contribution is 0.0929. The summed E-state index contributed by atoms with van der Waals surface area (Å²) >= 11 is 0. The van der Waals surface area contributed by atoms with E-state index in [0.29, 0.717) is 17.7 Å². The summed E-state index contributed by atoms with van der Waals surface area (Å²) in [5, 5.41) is 12.4. The number of carbonyl (C=O) groups is 1. The number of aliphatic hydroxyl groups is 1. The Kier molecular flexibility index (Phi) is 6.51.